The molecule has 0 unspecified atom stereocenters. The lowest BCUT2D eigenvalue weighted by Crippen LogP contribution is -2.35. The predicted octanol–water partition coefficient (Wildman–Crippen LogP) is 2.47. The number of carbonyl (C=O) groups excluding carboxylic acids is 1. The highest BCUT2D eigenvalue weighted by Gasteiger charge is 2.12. The summed E-state index contributed by atoms with van der Waals surface area (Å²) in [4.78, 5) is 13.3. The number of hydrogen-bond acceptors (Lipinski definition) is 3. The van der Waals surface area contributed by atoms with Crippen molar-refractivity contribution in [2.75, 3.05) is 33.8 Å². The van der Waals surface area contributed by atoms with Gasteiger partial charge in [-0.2, -0.15) is 0 Å². The second-order valence-electron chi connectivity index (χ2n) is 3.76. The molecule has 0 aliphatic carbocycles. The molecule has 0 saturated carbocycles. The molecule has 1 aromatic rings. The van der Waals surface area contributed by atoms with Gasteiger partial charge in [-0.05, 0) is 19.2 Å². The van der Waals surface area contributed by atoms with Gasteiger partial charge < -0.3 is 15.0 Å². The predicted molar refractivity (Wildman–Crippen MR) is 80.8 cm³/mol. The van der Waals surface area contributed by atoms with Crippen LogP contribution in [0.15, 0.2) is 18.2 Å². The Hall–Kier alpha value is -0.680. The minimum atomic E-state index is -0.124. The van der Waals surface area contributed by atoms with Crippen LogP contribution in [-0.4, -0.2) is 44.6 Å². The number of likely N-dealkylation sites (N-methyl/N-ethyl adjacent to an activating group) is 2. The molecule has 0 atom stereocenters. The molecule has 1 rings (SSSR count). The number of benzene rings is 1. The second-order valence-corrected chi connectivity index (χ2v) is 4.57. The van der Waals surface area contributed by atoms with Crippen molar-refractivity contribution in [3.63, 3.8) is 0 Å². The molecule has 1 N–H and O–H groups in total. The number of nitrogens with zero attached hydrogens (tertiary/aromatic N) is 1. The van der Waals surface area contributed by atoms with Gasteiger partial charge in [0.15, 0.2) is 12.4 Å². The van der Waals surface area contributed by atoms with E-state index < -0.39 is 0 Å². The molecule has 0 aliphatic rings. The largest absolute Gasteiger partial charge is 0.481 e. The maximum Gasteiger partial charge on any atom is 0.260 e. The fourth-order valence-electron chi connectivity index (χ4n) is 1.27. The van der Waals surface area contributed by atoms with Gasteiger partial charge in [-0.15, -0.1) is 12.4 Å². The number of amides is 1. The Balaban J connectivity index is 0.00000324. The van der Waals surface area contributed by atoms with Gasteiger partial charge in [0, 0.05) is 20.1 Å². The molecule has 0 radical (unpaired) electrons. The zero-order valence-corrected chi connectivity index (χ0v) is 13.1. The fourth-order valence-corrected chi connectivity index (χ4v) is 1.78. The first-order valence-electron chi connectivity index (χ1n) is 5.51. The van der Waals surface area contributed by atoms with Gasteiger partial charge in [-0.3, -0.25) is 4.79 Å². The number of para-hydroxylation sites is 1. The fraction of sp³-hybridized carbons (Fsp3) is 0.417. The van der Waals surface area contributed by atoms with E-state index in [0.717, 1.165) is 6.54 Å². The number of carbonyl (C=O) groups is 1. The van der Waals surface area contributed by atoms with Crippen LogP contribution in [0.25, 0.3) is 0 Å². The number of rotatable bonds is 6. The second kappa shape index (κ2) is 9.26. The van der Waals surface area contributed by atoms with Crippen molar-refractivity contribution < 1.29 is 9.53 Å². The molecule has 0 bridgehead atoms. The molecule has 4 nitrogen and oxygen atoms in total. The number of nitrogens with one attached hydrogen (secondary N) is 1. The summed E-state index contributed by atoms with van der Waals surface area (Å²) in [6.07, 6.45) is 0. The number of halogens is 3. The summed E-state index contributed by atoms with van der Waals surface area (Å²) < 4.78 is 5.35. The molecule has 0 aromatic heterocycles. The molecule has 0 heterocycles. The molecule has 0 saturated heterocycles. The summed E-state index contributed by atoms with van der Waals surface area (Å²) in [5, 5.41) is 3.76. The quantitative estimate of drug-likeness (QED) is 0.873. The van der Waals surface area contributed by atoms with Gasteiger partial charge in [0.2, 0.25) is 0 Å². The van der Waals surface area contributed by atoms with Crippen molar-refractivity contribution in [3.05, 3.63) is 28.2 Å². The van der Waals surface area contributed by atoms with Crippen LogP contribution >= 0.6 is 35.6 Å². The van der Waals surface area contributed by atoms with E-state index in [0.29, 0.717) is 22.3 Å². The van der Waals surface area contributed by atoms with Crippen LogP contribution in [0.2, 0.25) is 10.0 Å². The standard InChI is InChI=1S/C12H16Cl2N2O2.ClH/c1-15-6-7-16(2)11(17)8-18-12-9(13)4-3-5-10(12)14;/h3-5,15H,6-8H2,1-2H3;1H. The number of hydrogen-bond donors (Lipinski definition) is 1. The van der Waals surface area contributed by atoms with Crippen LogP contribution in [0.4, 0.5) is 0 Å². The van der Waals surface area contributed by atoms with Crippen molar-refractivity contribution in [2.24, 2.45) is 0 Å². The van der Waals surface area contributed by atoms with Crippen molar-refractivity contribution in [1.82, 2.24) is 10.2 Å². The lowest BCUT2D eigenvalue weighted by Gasteiger charge is -2.17. The first-order valence-corrected chi connectivity index (χ1v) is 6.27. The highest BCUT2D eigenvalue weighted by molar-refractivity contribution is 6.37. The molecule has 0 aliphatic heterocycles. The zero-order valence-electron chi connectivity index (χ0n) is 10.8. The Kier molecular flexibility index (Phi) is 8.93. The minimum Gasteiger partial charge on any atom is -0.481 e. The van der Waals surface area contributed by atoms with E-state index in [1.165, 1.54) is 0 Å². The van der Waals surface area contributed by atoms with Crippen molar-refractivity contribution in [3.8, 4) is 5.75 Å². The highest BCUT2D eigenvalue weighted by atomic mass is 35.5. The van der Waals surface area contributed by atoms with Gasteiger partial charge in [0.05, 0.1) is 10.0 Å². The SMILES string of the molecule is CNCCN(C)C(=O)COc1c(Cl)cccc1Cl.Cl. The van der Waals surface area contributed by atoms with E-state index >= 15 is 0 Å². The third kappa shape index (κ3) is 5.87. The Morgan fingerprint density at radius 3 is 2.47 bits per heavy atom. The topological polar surface area (TPSA) is 41.6 Å². The third-order valence-corrected chi connectivity index (χ3v) is 2.98. The Morgan fingerprint density at radius 2 is 1.95 bits per heavy atom. The van der Waals surface area contributed by atoms with E-state index in [9.17, 15) is 4.79 Å². The van der Waals surface area contributed by atoms with Crippen molar-refractivity contribution >= 4 is 41.5 Å². The molecule has 7 heteroatoms. The lowest BCUT2D eigenvalue weighted by molar-refractivity contribution is -0.131. The maximum absolute atomic E-state index is 11.7. The summed E-state index contributed by atoms with van der Waals surface area (Å²) >= 11 is 11.9. The monoisotopic (exact) mass is 326 g/mol. The highest BCUT2D eigenvalue weighted by Crippen LogP contribution is 2.32. The van der Waals surface area contributed by atoms with Gasteiger partial charge in [-0.1, -0.05) is 29.3 Å². The van der Waals surface area contributed by atoms with Crippen LogP contribution in [0.3, 0.4) is 0 Å². The molecule has 0 fully saturated rings. The lowest BCUT2D eigenvalue weighted by atomic mass is 10.3. The summed E-state index contributed by atoms with van der Waals surface area (Å²) in [6.45, 7) is 1.27. The molecular formula is C12H17Cl3N2O2. The van der Waals surface area contributed by atoms with Crippen molar-refractivity contribution in [1.29, 1.82) is 0 Å². The van der Waals surface area contributed by atoms with Crippen LogP contribution in [0.1, 0.15) is 0 Å². The smallest absolute Gasteiger partial charge is 0.260 e. The molecule has 1 aromatic carbocycles. The maximum atomic E-state index is 11.7. The Bertz CT molecular complexity index is 396. The third-order valence-electron chi connectivity index (χ3n) is 2.38. The number of ether oxygens (including phenoxy) is 1. The first-order chi connectivity index (χ1) is 8.56. The van der Waals surface area contributed by atoms with E-state index in [1.807, 2.05) is 7.05 Å². The van der Waals surface area contributed by atoms with Crippen molar-refractivity contribution in [2.45, 2.75) is 0 Å². The summed E-state index contributed by atoms with van der Waals surface area (Å²) in [6, 6.07) is 5.05. The molecule has 19 heavy (non-hydrogen) atoms. The minimum absolute atomic E-state index is 0. The first kappa shape index (κ1) is 18.3. The Morgan fingerprint density at radius 1 is 1.37 bits per heavy atom. The van der Waals surface area contributed by atoms with E-state index in [1.54, 1.807) is 30.1 Å². The van der Waals surface area contributed by atoms with E-state index in [-0.39, 0.29) is 24.9 Å². The van der Waals surface area contributed by atoms with Gasteiger partial charge >= 0.3 is 0 Å². The van der Waals surface area contributed by atoms with Crippen LogP contribution in [0.5, 0.6) is 5.75 Å². The van der Waals surface area contributed by atoms with Crippen LogP contribution in [0, 0.1) is 0 Å². The summed E-state index contributed by atoms with van der Waals surface area (Å²) in [7, 11) is 3.55. The molecule has 0 spiro atoms. The average molecular weight is 328 g/mol. The molecular weight excluding hydrogens is 311 g/mol. The molecule has 108 valence electrons. The van der Waals surface area contributed by atoms with Crippen LogP contribution in [-0.2, 0) is 4.79 Å². The van der Waals surface area contributed by atoms with Gasteiger partial charge in [0.25, 0.3) is 5.91 Å². The zero-order chi connectivity index (χ0) is 13.5. The van der Waals surface area contributed by atoms with E-state index in [4.69, 9.17) is 27.9 Å². The average Bonchev–Trinajstić information content (AvgIpc) is 2.35. The van der Waals surface area contributed by atoms with Crippen LogP contribution < -0.4 is 10.1 Å². The van der Waals surface area contributed by atoms with E-state index in [2.05, 4.69) is 5.32 Å². The summed E-state index contributed by atoms with van der Waals surface area (Å²) in [5.74, 6) is 0.220. The Labute approximate surface area is 129 Å². The van der Waals surface area contributed by atoms with Gasteiger partial charge in [-0.25, -0.2) is 0 Å². The normalized spacial score (nSPS) is 9.68. The molecule has 1 amide bonds. The summed E-state index contributed by atoms with van der Waals surface area (Å²) in [5.41, 5.74) is 0. The van der Waals surface area contributed by atoms with Gasteiger partial charge in [0.1, 0.15) is 0 Å².